The van der Waals surface area contributed by atoms with E-state index in [1.54, 1.807) is 40.6 Å². The topological polar surface area (TPSA) is 87.7 Å². The third kappa shape index (κ3) is 4.92. The number of fused-ring (bicyclic) bond motifs is 1. The molecular formula is C24H22FN3O4S2. The molecule has 4 rings (SSSR count). The minimum Gasteiger partial charge on any atom is -0.309 e. The highest BCUT2D eigenvalue weighted by atomic mass is 32.2. The molecule has 0 radical (unpaired) electrons. The van der Waals surface area contributed by atoms with E-state index in [-0.39, 0.29) is 22.4 Å². The summed E-state index contributed by atoms with van der Waals surface area (Å²) in [5, 5.41) is 1.97. The average Bonchev–Trinajstić information content (AvgIpc) is 3.25. The molecule has 34 heavy (non-hydrogen) atoms. The van der Waals surface area contributed by atoms with Crippen LogP contribution in [-0.2, 0) is 25.8 Å². The van der Waals surface area contributed by atoms with Crippen LogP contribution in [-0.4, -0.2) is 38.0 Å². The number of amides is 2. The van der Waals surface area contributed by atoms with Crippen LogP contribution >= 0.6 is 11.3 Å². The second-order valence-electron chi connectivity index (χ2n) is 7.85. The number of halogens is 1. The van der Waals surface area contributed by atoms with Crippen LogP contribution in [0.1, 0.15) is 24.6 Å². The zero-order chi connectivity index (χ0) is 24.5. The van der Waals surface area contributed by atoms with E-state index in [0.717, 1.165) is 29.6 Å². The van der Waals surface area contributed by atoms with Crippen LogP contribution in [0.25, 0.3) is 6.08 Å². The molecule has 3 aromatic rings. The molecule has 0 bridgehead atoms. The highest BCUT2D eigenvalue weighted by Gasteiger charge is 2.23. The maximum Gasteiger partial charge on any atom is 0.251 e. The van der Waals surface area contributed by atoms with Gasteiger partial charge in [0.15, 0.2) is 15.0 Å². The molecular weight excluding hydrogens is 477 g/mol. The van der Waals surface area contributed by atoms with Gasteiger partial charge in [-0.25, -0.2) is 17.8 Å². The fourth-order valence-corrected chi connectivity index (χ4v) is 5.30. The van der Waals surface area contributed by atoms with Crippen molar-refractivity contribution in [2.24, 2.45) is 0 Å². The first kappa shape index (κ1) is 23.8. The van der Waals surface area contributed by atoms with Gasteiger partial charge in [0.2, 0.25) is 5.91 Å². The number of aryl methyl sites for hydroxylation is 1. The molecule has 0 aliphatic carbocycles. The second kappa shape index (κ2) is 9.47. The van der Waals surface area contributed by atoms with Crippen molar-refractivity contribution in [3.8, 4) is 0 Å². The summed E-state index contributed by atoms with van der Waals surface area (Å²) in [4.78, 5) is 32.5. The molecule has 0 N–H and O–H groups in total. The fraction of sp³-hybridized carbons (Fsp3) is 0.208. The molecule has 10 heteroatoms. The molecule has 2 amide bonds. The summed E-state index contributed by atoms with van der Waals surface area (Å²) < 4.78 is 38.0. The van der Waals surface area contributed by atoms with Crippen LogP contribution in [0.5, 0.6) is 0 Å². The van der Waals surface area contributed by atoms with E-state index in [1.807, 2.05) is 0 Å². The third-order valence-electron chi connectivity index (χ3n) is 5.37. The molecule has 0 unspecified atom stereocenters. The summed E-state index contributed by atoms with van der Waals surface area (Å²) in [5.41, 5.74) is 2.07. The summed E-state index contributed by atoms with van der Waals surface area (Å²) >= 11 is 1.16. The van der Waals surface area contributed by atoms with Gasteiger partial charge in [0.05, 0.1) is 16.3 Å². The molecule has 1 aliphatic rings. The number of nitrogens with zero attached hydrogens (tertiary/aromatic N) is 3. The van der Waals surface area contributed by atoms with E-state index in [1.165, 1.54) is 36.1 Å². The van der Waals surface area contributed by atoms with Crippen LogP contribution < -0.4 is 9.80 Å². The predicted octanol–water partition coefficient (Wildman–Crippen LogP) is 4.36. The van der Waals surface area contributed by atoms with Gasteiger partial charge in [-0.2, -0.15) is 0 Å². The Hall–Kier alpha value is -3.37. The van der Waals surface area contributed by atoms with E-state index in [4.69, 9.17) is 0 Å². The minimum atomic E-state index is -3.33. The van der Waals surface area contributed by atoms with E-state index in [0.29, 0.717) is 29.5 Å². The van der Waals surface area contributed by atoms with Gasteiger partial charge in [-0.15, -0.1) is 11.3 Å². The summed E-state index contributed by atoms with van der Waals surface area (Å²) in [6.07, 6.45) is 5.50. The molecule has 7 nitrogen and oxygen atoms in total. The summed E-state index contributed by atoms with van der Waals surface area (Å²) in [6.45, 7) is 1.85. The average molecular weight is 500 g/mol. The van der Waals surface area contributed by atoms with Crippen molar-refractivity contribution >= 4 is 55.6 Å². The number of para-hydroxylation sites is 1. The van der Waals surface area contributed by atoms with Crippen molar-refractivity contribution in [1.29, 1.82) is 0 Å². The number of sulfone groups is 1. The van der Waals surface area contributed by atoms with Crippen LogP contribution in [0.4, 0.5) is 20.9 Å². The Labute approximate surface area is 201 Å². The number of aromatic nitrogens is 1. The van der Waals surface area contributed by atoms with Crippen LogP contribution in [0.3, 0.4) is 0 Å². The largest absolute Gasteiger partial charge is 0.309 e. The fourth-order valence-electron chi connectivity index (χ4n) is 3.78. The minimum absolute atomic E-state index is 0.106. The zero-order valence-electron chi connectivity index (χ0n) is 18.6. The molecule has 2 aromatic carbocycles. The van der Waals surface area contributed by atoms with E-state index in [9.17, 15) is 22.4 Å². The van der Waals surface area contributed by atoms with Gasteiger partial charge >= 0.3 is 0 Å². The molecule has 0 fully saturated rings. The number of thiazole rings is 1. The van der Waals surface area contributed by atoms with Crippen molar-refractivity contribution in [1.82, 2.24) is 4.98 Å². The van der Waals surface area contributed by atoms with Crippen molar-refractivity contribution < 1.29 is 22.4 Å². The lowest BCUT2D eigenvalue weighted by Gasteiger charge is -2.29. The predicted molar refractivity (Wildman–Crippen MR) is 131 cm³/mol. The van der Waals surface area contributed by atoms with Gasteiger partial charge in [0.25, 0.3) is 5.91 Å². The third-order valence-corrected chi connectivity index (χ3v) is 7.32. The molecule has 2 heterocycles. The van der Waals surface area contributed by atoms with Gasteiger partial charge < -0.3 is 4.90 Å². The summed E-state index contributed by atoms with van der Waals surface area (Å²) in [6, 6.07) is 10.7. The second-order valence-corrected chi connectivity index (χ2v) is 10.7. The van der Waals surface area contributed by atoms with E-state index < -0.39 is 15.7 Å². The van der Waals surface area contributed by atoms with Gasteiger partial charge in [-0.3, -0.25) is 14.5 Å². The lowest BCUT2D eigenvalue weighted by molar-refractivity contribution is -0.116. The number of carbonyl (C=O) groups excluding carboxylic acids is 2. The van der Waals surface area contributed by atoms with Crippen molar-refractivity contribution in [3.05, 3.63) is 71.0 Å². The van der Waals surface area contributed by atoms with Gasteiger partial charge in [-0.1, -0.05) is 12.1 Å². The maximum absolute atomic E-state index is 14.2. The Morgan fingerprint density at radius 2 is 1.97 bits per heavy atom. The monoisotopic (exact) mass is 499 g/mol. The van der Waals surface area contributed by atoms with Gasteiger partial charge in [0, 0.05) is 36.9 Å². The Morgan fingerprint density at radius 3 is 2.68 bits per heavy atom. The van der Waals surface area contributed by atoms with Crippen LogP contribution in [0, 0.1) is 5.82 Å². The molecule has 0 atom stereocenters. The molecule has 176 valence electrons. The number of benzene rings is 2. The molecule has 1 aromatic heterocycles. The Bertz CT molecular complexity index is 1400. The van der Waals surface area contributed by atoms with Gasteiger partial charge in [0.1, 0.15) is 5.82 Å². The number of anilines is 3. The molecule has 0 saturated carbocycles. The lowest BCUT2D eigenvalue weighted by Crippen LogP contribution is -2.34. The first-order valence-electron chi connectivity index (χ1n) is 10.5. The van der Waals surface area contributed by atoms with E-state index in [2.05, 4.69) is 4.98 Å². The molecule has 0 spiro atoms. The Morgan fingerprint density at radius 1 is 1.21 bits per heavy atom. The van der Waals surface area contributed by atoms with Crippen molar-refractivity contribution in [3.63, 3.8) is 0 Å². The Balaban J connectivity index is 1.55. The number of hydrogen-bond donors (Lipinski definition) is 0. The number of hydrogen-bond acceptors (Lipinski definition) is 6. The first-order chi connectivity index (χ1) is 16.1. The van der Waals surface area contributed by atoms with E-state index >= 15 is 0 Å². The molecule has 0 saturated heterocycles. The quantitative estimate of drug-likeness (QED) is 0.487. The van der Waals surface area contributed by atoms with Crippen LogP contribution in [0.2, 0.25) is 0 Å². The van der Waals surface area contributed by atoms with Gasteiger partial charge in [-0.05, 0) is 54.8 Å². The number of rotatable bonds is 5. The maximum atomic E-state index is 14.2. The smallest absolute Gasteiger partial charge is 0.251 e. The summed E-state index contributed by atoms with van der Waals surface area (Å²) in [7, 11) is -3.33. The van der Waals surface area contributed by atoms with Crippen LogP contribution in [0.15, 0.2) is 58.8 Å². The first-order valence-corrected chi connectivity index (χ1v) is 13.3. The normalized spacial score (nSPS) is 13.7. The summed E-state index contributed by atoms with van der Waals surface area (Å²) in [5.74, 6) is -1.19. The zero-order valence-corrected chi connectivity index (χ0v) is 20.2. The molecule has 1 aliphatic heterocycles. The SMILES string of the molecule is CC(=O)N(c1nc(/C=C/C(=O)N2CCCc3cc(S(C)(=O)=O)ccc32)cs1)c1ccccc1F. The highest BCUT2D eigenvalue weighted by Crippen LogP contribution is 2.32. The standard InChI is InChI=1S/C24H22FN3O4S2/c1-16(29)28(22-8-4-3-7-20(22)25)24-26-18(15-33-24)9-12-23(30)27-13-5-6-17-14-19(34(2,31)32)10-11-21(17)27/h3-4,7-12,14-15H,5-6,13H2,1-2H3/b12-9+. The highest BCUT2D eigenvalue weighted by molar-refractivity contribution is 7.90. The van der Waals surface area contributed by atoms with Crippen molar-refractivity contribution in [2.45, 2.75) is 24.7 Å². The number of carbonyl (C=O) groups is 2. The Kier molecular flexibility index (Phi) is 6.63. The van der Waals surface area contributed by atoms with Crippen molar-refractivity contribution in [2.75, 3.05) is 22.6 Å². The lowest BCUT2D eigenvalue weighted by atomic mass is 10.0.